The van der Waals surface area contributed by atoms with Crippen molar-refractivity contribution < 1.29 is 4.79 Å². The molecule has 0 spiro atoms. The number of nitrogens with two attached hydrogens (primary N) is 1. The van der Waals surface area contributed by atoms with Crippen LogP contribution in [0.25, 0.3) is 11.3 Å². The van der Waals surface area contributed by atoms with Crippen molar-refractivity contribution in [3.63, 3.8) is 0 Å². The summed E-state index contributed by atoms with van der Waals surface area (Å²) in [5, 5.41) is 0. The fourth-order valence-corrected chi connectivity index (χ4v) is 2.11. The molecular formula is C14H19N5O. The third kappa shape index (κ3) is 2.79. The van der Waals surface area contributed by atoms with Crippen LogP contribution in [-0.4, -0.2) is 38.4 Å². The third-order valence-electron chi connectivity index (χ3n) is 3.26. The van der Waals surface area contributed by atoms with Gasteiger partial charge in [0.25, 0.3) is 0 Å². The van der Waals surface area contributed by atoms with Gasteiger partial charge in [-0.05, 0) is 19.9 Å². The number of nitrogen functional groups attached to an aromatic ring is 1. The van der Waals surface area contributed by atoms with E-state index in [9.17, 15) is 4.79 Å². The van der Waals surface area contributed by atoms with Gasteiger partial charge in [-0.15, -0.1) is 0 Å². The predicted octanol–water partition coefficient (Wildman–Crippen LogP) is 1.40. The van der Waals surface area contributed by atoms with Crippen molar-refractivity contribution in [3.05, 3.63) is 31.0 Å². The second-order valence-electron chi connectivity index (χ2n) is 4.44. The molecule has 6 nitrogen and oxygen atoms in total. The number of carbonyl (C=O) groups is 1. The van der Waals surface area contributed by atoms with Gasteiger partial charge < -0.3 is 15.2 Å². The zero-order valence-corrected chi connectivity index (χ0v) is 11.8. The van der Waals surface area contributed by atoms with Gasteiger partial charge >= 0.3 is 0 Å². The maximum Gasteiger partial charge on any atom is 0.242 e. The molecule has 2 aromatic rings. The van der Waals surface area contributed by atoms with Crippen molar-refractivity contribution in [1.29, 1.82) is 0 Å². The quantitative estimate of drug-likeness (QED) is 0.893. The van der Waals surface area contributed by atoms with Crippen LogP contribution < -0.4 is 5.73 Å². The Morgan fingerprint density at radius 1 is 1.30 bits per heavy atom. The molecule has 0 fully saturated rings. The first kappa shape index (κ1) is 14.0. The van der Waals surface area contributed by atoms with Gasteiger partial charge in [0.1, 0.15) is 6.54 Å². The Bertz CT molecular complexity index is 589. The zero-order chi connectivity index (χ0) is 14.5. The number of imidazole rings is 1. The minimum Gasteiger partial charge on any atom is -0.398 e. The number of pyridine rings is 1. The van der Waals surface area contributed by atoms with Crippen molar-refractivity contribution in [2.24, 2.45) is 0 Å². The molecule has 0 aromatic carbocycles. The molecule has 2 heterocycles. The Morgan fingerprint density at radius 3 is 2.70 bits per heavy atom. The fraction of sp³-hybridized carbons (Fsp3) is 0.357. The van der Waals surface area contributed by atoms with E-state index in [4.69, 9.17) is 5.73 Å². The molecule has 2 aromatic heterocycles. The monoisotopic (exact) mass is 273 g/mol. The molecule has 2 rings (SSSR count). The van der Waals surface area contributed by atoms with E-state index in [1.54, 1.807) is 40.5 Å². The van der Waals surface area contributed by atoms with Gasteiger partial charge in [0.05, 0.1) is 18.2 Å². The van der Waals surface area contributed by atoms with Crippen molar-refractivity contribution in [2.45, 2.75) is 20.4 Å². The summed E-state index contributed by atoms with van der Waals surface area (Å²) < 4.78 is 1.80. The Morgan fingerprint density at radius 2 is 2.05 bits per heavy atom. The zero-order valence-electron chi connectivity index (χ0n) is 11.8. The van der Waals surface area contributed by atoms with Gasteiger partial charge in [-0.2, -0.15) is 0 Å². The third-order valence-corrected chi connectivity index (χ3v) is 3.26. The van der Waals surface area contributed by atoms with Crippen LogP contribution in [0.15, 0.2) is 31.0 Å². The Balaban J connectivity index is 2.26. The Labute approximate surface area is 118 Å². The summed E-state index contributed by atoms with van der Waals surface area (Å²) in [4.78, 5) is 22.1. The van der Waals surface area contributed by atoms with E-state index in [0.29, 0.717) is 18.8 Å². The van der Waals surface area contributed by atoms with Gasteiger partial charge in [0, 0.05) is 36.7 Å². The normalized spacial score (nSPS) is 10.5. The summed E-state index contributed by atoms with van der Waals surface area (Å²) in [6.45, 7) is 5.60. The summed E-state index contributed by atoms with van der Waals surface area (Å²) in [5.41, 5.74) is 8.16. The SMILES string of the molecule is CCN(CC)C(=O)Cn1cncc1-c1cnccc1N. The molecule has 6 heteroatoms. The summed E-state index contributed by atoms with van der Waals surface area (Å²) >= 11 is 0. The average Bonchev–Trinajstić information content (AvgIpc) is 2.88. The Kier molecular flexibility index (Phi) is 4.34. The van der Waals surface area contributed by atoms with E-state index in [0.717, 1.165) is 11.3 Å². The molecule has 0 unspecified atom stereocenters. The Hall–Kier alpha value is -2.37. The van der Waals surface area contributed by atoms with Crippen molar-refractivity contribution in [1.82, 2.24) is 19.4 Å². The standard InChI is InChI=1S/C14H19N5O/c1-3-18(4-2)14(20)9-19-10-17-8-13(19)11-7-16-6-5-12(11)15/h5-8,10H,3-4,9H2,1-2H3,(H2,15,16). The highest BCUT2D eigenvalue weighted by atomic mass is 16.2. The second kappa shape index (κ2) is 6.18. The lowest BCUT2D eigenvalue weighted by Gasteiger charge is -2.19. The van der Waals surface area contributed by atoms with Gasteiger partial charge in [-0.1, -0.05) is 0 Å². The molecule has 0 bridgehead atoms. The van der Waals surface area contributed by atoms with Gasteiger partial charge in [0.15, 0.2) is 0 Å². The summed E-state index contributed by atoms with van der Waals surface area (Å²) in [7, 11) is 0. The first-order chi connectivity index (χ1) is 9.67. The number of nitrogens with zero attached hydrogens (tertiary/aromatic N) is 4. The molecule has 0 radical (unpaired) electrons. The number of anilines is 1. The van der Waals surface area contributed by atoms with Crippen LogP contribution in [0.4, 0.5) is 5.69 Å². The van der Waals surface area contributed by atoms with Crippen LogP contribution in [0.1, 0.15) is 13.8 Å². The lowest BCUT2D eigenvalue weighted by atomic mass is 10.2. The second-order valence-corrected chi connectivity index (χ2v) is 4.44. The van der Waals surface area contributed by atoms with Crippen LogP contribution in [0, 0.1) is 0 Å². The smallest absolute Gasteiger partial charge is 0.242 e. The van der Waals surface area contributed by atoms with Gasteiger partial charge in [-0.25, -0.2) is 4.98 Å². The molecule has 0 saturated heterocycles. The molecule has 0 aliphatic carbocycles. The summed E-state index contributed by atoms with van der Waals surface area (Å²) in [6.07, 6.45) is 6.66. The molecule has 0 atom stereocenters. The van der Waals surface area contributed by atoms with Crippen LogP contribution in [-0.2, 0) is 11.3 Å². The minimum atomic E-state index is 0.0664. The van der Waals surface area contributed by atoms with E-state index in [2.05, 4.69) is 9.97 Å². The van der Waals surface area contributed by atoms with Gasteiger partial charge in [-0.3, -0.25) is 9.78 Å². The maximum atomic E-state index is 12.2. The lowest BCUT2D eigenvalue weighted by molar-refractivity contribution is -0.131. The molecule has 0 aliphatic heterocycles. The molecule has 2 N–H and O–H groups in total. The number of hydrogen-bond acceptors (Lipinski definition) is 4. The van der Waals surface area contributed by atoms with E-state index < -0.39 is 0 Å². The number of hydrogen-bond donors (Lipinski definition) is 1. The molecular weight excluding hydrogens is 254 g/mol. The van der Waals surface area contributed by atoms with E-state index >= 15 is 0 Å². The average molecular weight is 273 g/mol. The topological polar surface area (TPSA) is 77.0 Å². The van der Waals surface area contributed by atoms with Crippen molar-refractivity contribution >= 4 is 11.6 Å². The first-order valence-corrected chi connectivity index (χ1v) is 6.65. The van der Waals surface area contributed by atoms with Crippen molar-refractivity contribution in [3.8, 4) is 11.3 Å². The molecule has 0 saturated carbocycles. The highest BCUT2D eigenvalue weighted by Crippen LogP contribution is 2.24. The van der Waals surface area contributed by atoms with E-state index in [1.807, 2.05) is 13.8 Å². The molecule has 106 valence electrons. The largest absolute Gasteiger partial charge is 0.398 e. The lowest BCUT2D eigenvalue weighted by Crippen LogP contribution is -2.33. The highest BCUT2D eigenvalue weighted by Gasteiger charge is 2.14. The number of aromatic nitrogens is 3. The molecule has 1 amide bonds. The predicted molar refractivity (Wildman–Crippen MR) is 77.8 cm³/mol. The highest BCUT2D eigenvalue weighted by molar-refractivity contribution is 5.78. The minimum absolute atomic E-state index is 0.0664. The van der Waals surface area contributed by atoms with Crippen LogP contribution in [0.2, 0.25) is 0 Å². The number of carbonyl (C=O) groups excluding carboxylic acids is 1. The van der Waals surface area contributed by atoms with Crippen molar-refractivity contribution in [2.75, 3.05) is 18.8 Å². The molecule has 20 heavy (non-hydrogen) atoms. The van der Waals surface area contributed by atoms with E-state index in [1.165, 1.54) is 0 Å². The van der Waals surface area contributed by atoms with Crippen LogP contribution in [0.3, 0.4) is 0 Å². The van der Waals surface area contributed by atoms with Crippen LogP contribution >= 0.6 is 0 Å². The summed E-state index contributed by atoms with van der Waals surface area (Å²) in [6, 6.07) is 1.74. The van der Waals surface area contributed by atoms with Crippen LogP contribution in [0.5, 0.6) is 0 Å². The number of rotatable bonds is 5. The first-order valence-electron chi connectivity index (χ1n) is 6.65. The number of likely N-dealkylation sites (N-methyl/N-ethyl adjacent to an activating group) is 1. The molecule has 0 aliphatic rings. The van der Waals surface area contributed by atoms with E-state index in [-0.39, 0.29) is 12.5 Å². The number of amides is 1. The maximum absolute atomic E-state index is 12.2. The fourth-order valence-electron chi connectivity index (χ4n) is 2.11. The van der Waals surface area contributed by atoms with Gasteiger partial charge in [0.2, 0.25) is 5.91 Å². The summed E-state index contributed by atoms with van der Waals surface area (Å²) in [5.74, 6) is 0.0664.